The normalized spacial score (nSPS) is 21.1. The zero-order chi connectivity index (χ0) is 37.8. The lowest BCUT2D eigenvalue weighted by Crippen LogP contribution is -2.71. The quantitative estimate of drug-likeness (QED) is 0.138. The first-order valence-corrected chi connectivity index (χ1v) is 18.8. The van der Waals surface area contributed by atoms with E-state index >= 15 is 0 Å². The van der Waals surface area contributed by atoms with Crippen LogP contribution in [0.3, 0.4) is 0 Å². The SMILES string of the molecule is O=C1CCC(N2C(=O)c3ccc(N4CCN(C5CN(C6CN(c7nc(NCCc8ccc([N+](=O)[O-])cc8)c8ccccc8n7)C6)C5)CC4)cc3C2=O)C(=O)N1. The number of aromatic nitrogens is 2. The first-order chi connectivity index (χ1) is 26.7. The molecule has 4 saturated heterocycles. The zero-order valence-electron chi connectivity index (χ0n) is 30.1. The molecule has 9 rings (SSSR count). The number of amides is 4. The molecule has 0 aliphatic carbocycles. The number of hydrogen-bond acceptors (Lipinski definition) is 13. The van der Waals surface area contributed by atoms with E-state index in [1.165, 1.54) is 12.1 Å². The first-order valence-electron chi connectivity index (χ1n) is 18.8. The highest BCUT2D eigenvalue weighted by Crippen LogP contribution is 2.33. The maximum atomic E-state index is 13.3. The van der Waals surface area contributed by atoms with Crippen LogP contribution in [-0.4, -0.2) is 130 Å². The molecule has 16 heteroatoms. The number of nitrogens with one attached hydrogen (secondary N) is 2. The molecule has 0 radical (unpaired) electrons. The molecule has 1 atom stereocenters. The van der Waals surface area contributed by atoms with Crippen molar-refractivity contribution in [3.63, 3.8) is 0 Å². The molecule has 6 heterocycles. The summed E-state index contributed by atoms with van der Waals surface area (Å²) in [6.07, 6.45) is 0.928. The maximum Gasteiger partial charge on any atom is 0.269 e. The van der Waals surface area contributed by atoms with E-state index in [0.717, 1.165) is 85.2 Å². The maximum absolute atomic E-state index is 13.3. The Hall–Kier alpha value is -6.00. The fraction of sp³-hybridized carbons (Fsp3) is 0.385. The summed E-state index contributed by atoms with van der Waals surface area (Å²) in [4.78, 5) is 81.4. The van der Waals surface area contributed by atoms with Crippen molar-refractivity contribution in [1.82, 2.24) is 30.0 Å². The van der Waals surface area contributed by atoms with Gasteiger partial charge in [0, 0.05) is 101 Å². The molecule has 5 aliphatic heterocycles. The van der Waals surface area contributed by atoms with E-state index in [1.807, 2.05) is 30.3 Å². The molecule has 1 aromatic heterocycles. The van der Waals surface area contributed by atoms with Gasteiger partial charge in [-0.1, -0.05) is 24.3 Å². The van der Waals surface area contributed by atoms with E-state index < -0.39 is 34.6 Å². The van der Waals surface area contributed by atoms with Gasteiger partial charge in [-0.15, -0.1) is 0 Å². The van der Waals surface area contributed by atoms with Crippen molar-refractivity contribution in [2.75, 3.05) is 74.0 Å². The van der Waals surface area contributed by atoms with Crippen LogP contribution in [0.15, 0.2) is 66.7 Å². The number of benzene rings is 3. The molecular formula is C39H40N10O6. The highest BCUT2D eigenvalue weighted by molar-refractivity contribution is 6.23. The summed E-state index contributed by atoms with van der Waals surface area (Å²) in [6, 6.07) is 19.9. The van der Waals surface area contributed by atoms with Crippen molar-refractivity contribution >= 4 is 57.7 Å². The smallest absolute Gasteiger partial charge is 0.269 e. The van der Waals surface area contributed by atoms with Crippen LogP contribution in [0, 0.1) is 10.1 Å². The average molecular weight is 745 g/mol. The lowest BCUT2D eigenvalue weighted by atomic mass is 9.98. The third-order valence-corrected chi connectivity index (χ3v) is 11.6. The first kappa shape index (κ1) is 34.7. The highest BCUT2D eigenvalue weighted by Gasteiger charge is 2.45. The third-order valence-electron chi connectivity index (χ3n) is 11.6. The van der Waals surface area contributed by atoms with Crippen molar-refractivity contribution in [1.29, 1.82) is 0 Å². The molecule has 0 spiro atoms. The number of anilines is 3. The van der Waals surface area contributed by atoms with Gasteiger partial charge in [0.1, 0.15) is 11.9 Å². The molecule has 4 aromatic rings. The summed E-state index contributed by atoms with van der Waals surface area (Å²) in [5.74, 6) is -0.486. The Labute approximate surface area is 316 Å². The topological polar surface area (TPSA) is 177 Å². The summed E-state index contributed by atoms with van der Waals surface area (Å²) in [6.45, 7) is 7.77. The van der Waals surface area contributed by atoms with Crippen molar-refractivity contribution in [2.24, 2.45) is 0 Å². The summed E-state index contributed by atoms with van der Waals surface area (Å²) < 4.78 is 0. The van der Waals surface area contributed by atoms with Gasteiger partial charge in [-0.2, -0.15) is 4.98 Å². The molecule has 1 unspecified atom stereocenters. The molecule has 55 heavy (non-hydrogen) atoms. The summed E-state index contributed by atoms with van der Waals surface area (Å²) in [5, 5.41) is 17.7. The molecule has 282 valence electrons. The molecule has 4 amide bonds. The number of piperidine rings is 1. The zero-order valence-corrected chi connectivity index (χ0v) is 30.1. The van der Waals surface area contributed by atoms with Gasteiger partial charge < -0.3 is 15.1 Å². The number of hydrogen-bond donors (Lipinski definition) is 2. The number of nitro groups is 1. The van der Waals surface area contributed by atoms with E-state index in [0.29, 0.717) is 42.1 Å². The number of para-hydroxylation sites is 1. The van der Waals surface area contributed by atoms with Crippen molar-refractivity contribution in [2.45, 2.75) is 37.4 Å². The Morgan fingerprint density at radius 3 is 2.27 bits per heavy atom. The van der Waals surface area contributed by atoms with Crippen molar-refractivity contribution in [3.8, 4) is 0 Å². The highest BCUT2D eigenvalue weighted by atomic mass is 16.6. The average Bonchev–Trinajstić information content (AvgIpc) is 3.40. The second kappa shape index (κ2) is 14.0. The molecular weight excluding hydrogens is 704 g/mol. The summed E-state index contributed by atoms with van der Waals surface area (Å²) in [7, 11) is 0. The Bertz CT molecular complexity index is 2210. The minimum Gasteiger partial charge on any atom is -0.369 e. The van der Waals surface area contributed by atoms with Crippen LogP contribution in [0.4, 0.5) is 23.1 Å². The number of piperazine rings is 1. The molecule has 5 aliphatic rings. The molecule has 16 nitrogen and oxygen atoms in total. The summed E-state index contributed by atoms with van der Waals surface area (Å²) in [5.41, 5.74) is 3.45. The number of nitrogens with zero attached hydrogens (tertiary/aromatic N) is 8. The number of fused-ring (bicyclic) bond motifs is 2. The molecule has 4 fully saturated rings. The predicted molar refractivity (Wildman–Crippen MR) is 203 cm³/mol. The van der Waals surface area contributed by atoms with Crippen LogP contribution >= 0.6 is 0 Å². The van der Waals surface area contributed by atoms with Crippen LogP contribution in [0.5, 0.6) is 0 Å². The third kappa shape index (κ3) is 6.50. The monoisotopic (exact) mass is 744 g/mol. The molecule has 3 aromatic carbocycles. The largest absolute Gasteiger partial charge is 0.369 e. The molecule has 0 bridgehead atoms. The molecule has 2 N–H and O–H groups in total. The number of nitro benzene ring substituents is 1. The minimum absolute atomic E-state index is 0.0838. The Morgan fingerprint density at radius 1 is 0.800 bits per heavy atom. The van der Waals surface area contributed by atoms with Gasteiger partial charge in [0.15, 0.2) is 0 Å². The second-order valence-corrected chi connectivity index (χ2v) is 14.9. The van der Waals surface area contributed by atoms with E-state index in [-0.39, 0.29) is 18.5 Å². The summed E-state index contributed by atoms with van der Waals surface area (Å²) >= 11 is 0. The van der Waals surface area contributed by atoms with Gasteiger partial charge in [0.05, 0.1) is 21.6 Å². The van der Waals surface area contributed by atoms with Gasteiger partial charge >= 0.3 is 0 Å². The number of likely N-dealkylation sites (tertiary alicyclic amines) is 1. The van der Waals surface area contributed by atoms with Gasteiger partial charge in [0.25, 0.3) is 17.5 Å². The molecule has 0 saturated carbocycles. The standard InChI is InChI=1S/C39H40N10O6/c50-34-12-11-33(36(51)42-34)48-37(52)29-10-9-26(19-31(29)38(48)53)44-15-17-45(18-16-44)27-20-46(21-27)28-22-47(23-28)39-41-32-4-2-1-3-30(32)35(43-39)40-14-13-24-5-7-25(8-6-24)49(54)55/h1-10,19,27-28,33H,11-18,20-23H2,(H,40,41,43)(H,42,50,51). The minimum atomic E-state index is -0.974. The lowest BCUT2D eigenvalue weighted by molar-refractivity contribution is -0.384. The van der Waals surface area contributed by atoms with Crippen LogP contribution in [0.1, 0.15) is 39.1 Å². The number of imide groups is 2. The predicted octanol–water partition coefficient (Wildman–Crippen LogP) is 2.29. The van der Waals surface area contributed by atoms with E-state index in [1.54, 1.807) is 24.3 Å². The van der Waals surface area contributed by atoms with Gasteiger partial charge in [-0.25, -0.2) is 4.98 Å². The number of rotatable bonds is 10. The Morgan fingerprint density at radius 2 is 1.53 bits per heavy atom. The van der Waals surface area contributed by atoms with E-state index in [9.17, 15) is 29.3 Å². The van der Waals surface area contributed by atoms with Gasteiger partial charge in [-0.05, 0) is 48.7 Å². The van der Waals surface area contributed by atoms with Crippen LogP contribution < -0.4 is 20.4 Å². The number of non-ortho nitro benzene ring substituents is 1. The van der Waals surface area contributed by atoms with Gasteiger partial charge in [-0.3, -0.25) is 49.3 Å². The Balaban J connectivity index is 0.757. The van der Waals surface area contributed by atoms with Gasteiger partial charge in [0.2, 0.25) is 17.8 Å². The van der Waals surface area contributed by atoms with Crippen LogP contribution in [0.2, 0.25) is 0 Å². The van der Waals surface area contributed by atoms with E-state index in [2.05, 4.69) is 30.2 Å². The Kier molecular flexibility index (Phi) is 8.85. The van der Waals surface area contributed by atoms with Crippen molar-refractivity contribution in [3.05, 3.63) is 93.5 Å². The fourth-order valence-corrected chi connectivity index (χ4v) is 8.32. The lowest BCUT2D eigenvalue weighted by Gasteiger charge is -2.55. The van der Waals surface area contributed by atoms with Crippen LogP contribution in [0.25, 0.3) is 10.9 Å². The fourth-order valence-electron chi connectivity index (χ4n) is 8.32. The van der Waals surface area contributed by atoms with Crippen molar-refractivity contribution < 1.29 is 24.1 Å². The number of carbonyl (C=O) groups excluding carboxylic acids is 4. The second-order valence-electron chi connectivity index (χ2n) is 14.9. The van der Waals surface area contributed by atoms with E-state index in [4.69, 9.17) is 9.97 Å². The van der Waals surface area contributed by atoms with Crippen LogP contribution in [-0.2, 0) is 16.0 Å². The number of carbonyl (C=O) groups is 4.